The Labute approximate surface area is 145 Å². The average molecular weight is 343 g/mol. The Hall–Kier alpha value is -2.08. The lowest BCUT2D eigenvalue weighted by molar-refractivity contribution is -0.115. The molecular weight excluding hydrogens is 322 g/mol. The highest BCUT2D eigenvalue weighted by atomic mass is 32.2. The number of benzene rings is 1. The molecule has 2 aromatic rings. The molecule has 1 aliphatic rings. The van der Waals surface area contributed by atoms with Gasteiger partial charge in [-0.2, -0.15) is 0 Å². The van der Waals surface area contributed by atoms with Crippen molar-refractivity contribution < 1.29 is 4.79 Å². The molecule has 1 amide bonds. The number of nitrogens with zero attached hydrogens (tertiary/aromatic N) is 1. The van der Waals surface area contributed by atoms with E-state index in [0.717, 1.165) is 47.3 Å². The van der Waals surface area contributed by atoms with Crippen LogP contribution in [0.3, 0.4) is 0 Å². The summed E-state index contributed by atoms with van der Waals surface area (Å²) in [5.74, 6) is -0.102. The van der Waals surface area contributed by atoms with Crippen molar-refractivity contribution in [2.75, 3.05) is 5.32 Å². The number of aromatic amines is 1. The highest BCUT2D eigenvalue weighted by Gasteiger charge is 2.21. The van der Waals surface area contributed by atoms with Gasteiger partial charge in [0.05, 0.1) is 10.9 Å². The van der Waals surface area contributed by atoms with Crippen LogP contribution in [0.15, 0.2) is 28.2 Å². The second kappa shape index (κ2) is 6.81. The van der Waals surface area contributed by atoms with Gasteiger partial charge in [0.1, 0.15) is 0 Å². The zero-order chi connectivity index (χ0) is 17.3. The van der Waals surface area contributed by atoms with Gasteiger partial charge >= 0.3 is 0 Å². The van der Waals surface area contributed by atoms with E-state index in [-0.39, 0.29) is 16.7 Å². The summed E-state index contributed by atoms with van der Waals surface area (Å²) in [7, 11) is 0. The lowest BCUT2D eigenvalue weighted by atomic mass is 10.1. The summed E-state index contributed by atoms with van der Waals surface area (Å²) in [6.45, 7) is 5.81. The summed E-state index contributed by atoms with van der Waals surface area (Å²) in [5, 5.41) is 3.11. The van der Waals surface area contributed by atoms with Crippen LogP contribution in [0.5, 0.6) is 0 Å². The van der Waals surface area contributed by atoms with Gasteiger partial charge in [-0.1, -0.05) is 29.5 Å². The number of rotatable bonds is 4. The predicted molar refractivity (Wildman–Crippen MR) is 96.7 cm³/mol. The van der Waals surface area contributed by atoms with Gasteiger partial charge in [0.2, 0.25) is 5.91 Å². The molecule has 0 unspecified atom stereocenters. The van der Waals surface area contributed by atoms with Crippen molar-refractivity contribution in [2.24, 2.45) is 0 Å². The molecular formula is C18H21N3O2S. The van der Waals surface area contributed by atoms with Crippen molar-refractivity contribution in [3.05, 3.63) is 50.9 Å². The first-order valence-corrected chi connectivity index (χ1v) is 8.99. The number of aromatic nitrogens is 2. The standard InChI is InChI=1S/C18H21N3O2S/c1-10-7-8-14(11(2)9-10)19-16(22)12(3)24-18-20-15-6-4-5-13(15)17(23)21-18/h7-9,12H,4-6H2,1-3H3,(H,19,22)(H,20,21,23)/t12-/m1/s1. The quantitative estimate of drug-likeness (QED) is 0.661. The lowest BCUT2D eigenvalue weighted by Gasteiger charge is -2.13. The Balaban J connectivity index is 1.70. The van der Waals surface area contributed by atoms with E-state index in [0.29, 0.717) is 5.16 Å². The Morgan fingerprint density at radius 1 is 1.33 bits per heavy atom. The van der Waals surface area contributed by atoms with E-state index >= 15 is 0 Å². The summed E-state index contributed by atoms with van der Waals surface area (Å²) in [6.07, 6.45) is 2.61. The maximum absolute atomic E-state index is 12.4. The summed E-state index contributed by atoms with van der Waals surface area (Å²) in [6, 6.07) is 5.92. The Morgan fingerprint density at radius 2 is 2.12 bits per heavy atom. The molecule has 3 rings (SSSR count). The van der Waals surface area contributed by atoms with Gasteiger partial charge in [0, 0.05) is 11.3 Å². The van der Waals surface area contributed by atoms with Crippen LogP contribution in [0.4, 0.5) is 5.69 Å². The fraction of sp³-hybridized carbons (Fsp3) is 0.389. The predicted octanol–water partition coefficient (Wildman–Crippen LogP) is 2.99. The van der Waals surface area contributed by atoms with Crippen LogP contribution >= 0.6 is 11.8 Å². The number of aryl methyl sites for hydroxylation is 3. The Morgan fingerprint density at radius 3 is 2.88 bits per heavy atom. The summed E-state index contributed by atoms with van der Waals surface area (Å²) in [5.41, 5.74) is 4.61. The zero-order valence-corrected chi connectivity index (χ0v) is 14.9. The van der Waals surface area contributed by atoms with Crippen molar-refractivity contribution in [2.45, 2.75) is 50.4 Å². The molecule has 1 aliphatic carbocycles. The zero-order valence-electron chi connectivity index (χ0n) is 14.1. The molecule has 1 atom stereocenters. The number of amides is 1. The third-order valence-electron chi connectivity index (χ3n) is 4.22. The van der Waals surface area contributed by atoms with Crippen LogP contribution in [0.2, 0.25) is 0 Å². The number of carbonyl (C=O) groups is 1. The van der Waals surface area contributed by atoms with Crippen LogP contribution in [0.1, 0.15) is 35.7 Å². The minimum atomic E-state index is -0.353. The number of anilines is 1. The Bertz CT molecular complexity index is 845. The van der Waals surface area contributed by atoms with E-state index in [1.807, 2.05) is 39.0 Å². The van der Waals surface area contributed by atoms with Crippen molar-refractivity contribution in [1.29, 1.82) is 0 Å². The van der Waals surface area contributed by atoms with Crippen LogP contribution < -0.4 is 10.9 Å². The number of nitrogens with one attached hydrogen (secondary N) is 2. The number of thioether (sulfide) groups is 1. The minimum absolute atomic E-state index is 0.0676. The molecule has 0 bridgehead atoms. The van der Waals surface area contributed by atoms with Crippen molar-refractivity contribution in [1.82, 2.24) is 9.97 Å². The highest BCUT2D eigenvalue weighted by Crippen LogP contribution is 2.24. The van der Waals surface area contributed by atoms with E-state index in [1.54, 1.807) is 0 Å². The molecule has 0 saturated carbocycles. The number of fused-ring (bicyclic) bond motifs is 1. The van der Waals surface area contributed by atoms with Gasteiger partial charge in [-0.25, -0.2) is 4.98 Å². The highest BCUT2D eigenvalue weighted by molar-refractivity contribution is 8.00. The molecule has 0 radical (unpaired) electrons. The first kappa shape index (κ1) is 16.8. The maximum Gasteiger partial charge on any atom is 0.254 e. The van der Waals surface area contributed by atoms with Crippen molar-refractivity contribution in [3.63, 3.8) is 0 Å². The van der Waals surface area contributed by atoms with E-state index in [2.05, 4.69) is 15.3 Å². The number of hydrogen-bond donors (Lipinski definition) is 2. The third-order valence-corrected chi connectivity index (χ3v) is 5.20. The van der Waals surface area contributed by atoms with E-state index in [1.165, 1.54) is 11.8 Å². The number of hydrogen-bond acceptors (Lipinski definition) is 4. The molecule has 1 heterocycles. The SMILES string of the molecule is Cc1ccc(NC(=O)[C@@H](C)Sc2nc3c(c(=O)[nH]2)CCC3)c(C)c1. The van der Waals surface area contributed by atoms with Crippen molar-refractivity contribution in [3.8, 4) is 0 Å². The first-order chi connectivity index (χ1) is 11.4. The van der Waals surface area contributed by atoms with Gasteiger partial charge in [0.15, 0.2) is 5.16 Å². The van der Waals surface area contributed by atoms with Gasteiger partial charge in [-0.05, 0) is 51.7 Å². The topological polar surface area (TPSA) is 74.8 Å². The molecule has 6 heteroatoms. The maximum atomic E-state index is 12.4. The molecule has 0 aliphatic heterocycles. The first-order valence-electron chi connectivity index (χ1n) is 8.11. The molecule has 1 aromatic heterocycles. The van der Waals surface area contributed by atoms with Gasteiger partial charge < -0.3 is 10.3 Å². The second-order valence-electron chi connectivity index (χ2n) is 6.22. The molecule has 0 saturated heterocycles. The van der Waals surface area contributed by atoms with E-state index in [4.69, 9.17) is 0 Å². The van der Waals surface area contributed by atoms with E-state index < -0.39 is 0 Å². The molecule has 0 spiro atoms. The number of carbonyl (C=O) groups excluding carboxylic acids is 1. The summed E-state index contributed by atoms with van der Waals surface area (Å²) in [4.78, 5) is 31.8. The van der Waals surface area contributed by atoms with Crippen LogP contribution in [0.25, 0.3) is 0 Å². The molecule has 1 aromatic carbocycles. The van der Waals surface area contributed by atoms with Crippen LogP contribution in [-0.4, -0.2) is 21.1 Å². The van der Waals surface area contributed by atoms with Gasteiger partial charge in [-0.15, -0.1) is 0 Å². The summed E-state index contributed by atoms with van der Waals surface area (Å²) >= 11 is 1.28. The fourth-order valence-electron chi connectivity index (χ4n) is 2.88. The van der Waals surface area contributed by atoms with Crippen LogP contribution in [0, 0.1) is 13.8 Å². The molecule has 24 heavy (non-hydrogen) atoms. The lowest BCUT2D eigenvalue weighted by Crippen LogP contribution is -2.24. The van der Waals surface area contributed by atoms with Gasteiger partial charge in [0.25, 0.3) is 5.56 Å². The van der Waals surface area contributed by atoms with Crippen LogP contribution in [-0.2, 0) is 17.6 Å². The normalized spacial score (nSPS) is 14.3. The Kier molecular flexibility index (Phi) is 4.76. The van der Waals surface area contributed by atoms with Gasteiger partial charge in [-0.3, -0.25) is 9.59 Å². The largest absolute Gasteiger partial charge is 0.325 e. The molecule has 126 valence electrons. The number of H-pyrrole nitrogens is 1. The fourth-order valence-corrected chi connectivity index (χ4v) is 3.70. The van der Waals surface area contributed by atoms with E-state index in [9.17, 15) is 9.59 Å². The summed E-state index contributed by atoms with van der Waals surface area (Å²) < 4.78 is 0. The molecule has 2 N–H and O–H groups in total. The second-order valence-corrected chi connectivity index (χ2v) is 7.55. The smallest absolute Gasteiger partial charge is 0.254 e. The monoisotopic (exact) mass is 343 g/mol. The minimum Gasteiger partial charge on any atom is -0.325 e. The third kappa shape index (κ3) is 3.53. The van der Waals surface area contributed by atoms with Crippen molar-refractivity contribution >= 4 is 23.4 Å². The average Bonchev–Trinajstić information content (AvgIpc) is 2.99. The molecule has 5 nitrogen and oxygen atoms in total. The molecule has 0 fully saturated rings.